The van der Waals surface area contributed by atoms with Crippen LogP contribution in [0.1, 0.15) is 81.6 Å². The highest BCUT2D eigenvalue weighted by Gasteiger charge is 2.74. The molecule has 222 valence electrons. The zero-order valence-electron chi connectivity index (χ0n) is 25.2. The third-order valence-corrected chi connectivity index (χ3v) is 11.4. The van der Waals surface area contributed by atoms with Crippen molar-refractivity contribution in [3.05, 3.63) is 35.6 Å². The van der Waals surface area contributed by atoms with Gasteiger partial charge in [-0.3, -0.25) is 14.4 Å². The SMILES string of the molecule is CC(=O)OC(C)(C)/C=C/C(=O)C(C)(O)[C@H]1[C@H](O)C[C@@]2(C)[C@@H]3CC=C4[C@@H](C=C(O)C(=O)C4(C)C)[C@]3(C)C(O)C[C@]12C. The van der Waals surface area contributed by atoms with E-state index in [1.165, 1.54) is 26.0 Å². The first-order valence-corrected chi connectivity index (χ1v) is 14.2. The maximum Gasteiger partial charge on any atom is 0.303 e. The van der Waals surface area contributed by atoms with Crippen molar-refractivity contribution in [1.29, 1.82) is 0 Å². The van der Waals surface area contributed by atoms with Crippen molar-refractivity contribution in [2.75, 3.05) is 0 Å². The summed E-state index contributed by atoms with van der Waals surface area (Å²) in [7, 11) is 0. The molecule has 8 heteroatoms. The Morgan fingerprint density at radius 3 is 2.23 bits per heavy atom. The number of rotatable bonds is 5. The maximum atomic E-state index is 13.5. The number of ether oxygens (including phenoxy) is 1. The highest BCUT2D eigenvalue weighted by Crippen LogP contribution is 2.74. The van der Waals surface area contributed by atoms with Gasteiger partial charge in [-0.1, -0.05) is 32.4 Å². The molecule has 8 nitrogen and oxygen atoms in total. The number of aliphatic hydroxyl groups is 4. The zero-order chi connectivity index (χ0) is 30.4. The lowest BCUT2D eigenvalue weighted by Crippen LogP contribution is -2.65. The van der Waals surface area contributed by atoms with E-state index in [0.717, 1.165) is 5.57 Å². The van der Waals surface area contributed by atoms with Crippen molar-refractivity contribution in [3.63, 3.8) is 0 Å². The van der Waals surface area contributed by atoms with Gasteiger partial charge in [-0.05, 0) is 88.9 Å². The van der Waals surface area contributed by atoms with E-state index in [9.17, 15) is 34.8 Å². The third kappa shape index (κ3) is 4.08. The van der Waals surface area contributed by atoms with E-state index in [1.54, 1.807) is 33.8 Å². The van der Waals surface area contributed by atoms with Gasteiger partial charge in [0.2, 0.25) is 5.78 Å². The number of hydrogen-bond acceptors (Lipinski definition) is 8. The van der Waals surface area contributed by atoms with Crippen LogP contribution in [0.3, 0.4) is 0 Å². The molecule has 2 saturated carbocycles. The lowest BCUT2D eigenvalue weighted by molar-refractivity contribution is -0.207. The van der Waals surface area contributed by atoms with Crippen molar-refractivity contribution in [2.24, 2.45) is 39.4 Å². The number of carbonyl (C=O) groups excluding carboxylic acids is 3. The predicted octanol–water partition coefficient (Wildman–Crippen LogP) is 3.98. The fourth-order valence-corrected chi connectivity index (χ4v) is 9.25. The Kier molecular flexibility index (Phi) is 6.98. The summed E-state index contributed by atoms with van der Waals surface area (Å²) in [6, 6.07) is 0. The third-order valence-electron chi connectivity index (χ3n) is 11.4. The summed E-state index contributed by atoms with van der Waals surface area (Å²) in [6.07, 6.45) is 5.47. The van der Waals surface area contributed by atoms with Gasteiger partial charge < -0.3 is 25.2 Å². The first-order chi connectivity index (χ1) is 18.1. The molecule has 0 radical (unpaired) electrons. The topological polar surface area (TPSA) is 141 Å². The second kappa shape index (κ2) is 9.10. The van der Waals surface area contributed by atoms with E-state index >= 15 is 0 Å². The molecular weight excluding hydrogens is 512 g/mol. The largest absolute Gasteiger partial charge is 0.505 e. The van der Waals surface area contributed by atoms with Crippen molar-refractivity contribution in [2.45, 2.75) is 105 Å². The van der Waals surface area contributed by atoms with Crippen molar-refractivity contribution in [3.8, 4) is 0 Å². The standard InChI is InChI=1S/C32H46O8/c1-17(33)40-27(2,3)13-12-23(36)32(9,39)25-21(35)15-29(6)22-11-10-18-19(14-20(34)26(38)28(18,4)5)31(22,8)24(37)16-30(25,29)7/h10,12-14,19,21-22,24-25,34-35,37,39H,11,15-16H2,1-9H3/b13-12+/t19-,21-,22+,24?,25+,29+,30-,31+,32?/m1/s1. The Bertz CT molecular complexity index is 1220. The number of carbonyl (C=O) groups is 3. The van der Waals surface area contributed by atoms with E-state index in [-0.39, 0.29) is 29.8 Å². The maximum absolute atomic E-state index is 13.5. The minimum absolute atomic E-state index is 0.167. The van der Waals surface area contributed by atoms with Gasteiger partial charge in [0, 0.05) is 24.2 Å². The number of aliphatic hydroxyl groups excluding tert-OH is 3. The van der Waals surface area contributed by atoms with Crippen LogP contribution >= 0.6 is 0 Å². The van der Waals surface area contributed by atoms with Gasteiger partial charge in [0.15, 0.2) is 11.5 Å². The molecule has 0 spiro atoms. The molecule has 0 aromatic heterocycles. The number of esters is 1. The average Bonchev–Trinajstić information content (AvgIpc) is 3.01. The Morgan fingerprint density at radius 1 is 1.05 bits per heavy atom. The number of hydrogen-bond donors (Lipinski definition) is 4. The lowest BCUT2D eigenvalue weighted by atomic mass is 9.38. The summed E-state index contributed by atoms with van der Waals surface area (Å²) in [4.78, 5) is 37.7. The van der Waals surface area contributed by atoms with Gasteiger partial charge in [-0.15, -0.1) is 0 Å². The number of allylic oxidation sites excluding steroid dienone is 4. The molecule has 0 aliphatic heterocycles. The Balaban J connectivity index is 1.76. The molecule has 0 bridgehead atoms. The van der Waals surface area contributed by atoms with Gasteiger partial charge in [-0.25, -0.2) is 0 Å². The summed E-state index contributed by atoms with van der Waals surface area (Å²) in [5.41, 5.74) is -5.21. The molecule has 2 fully saturated rings. The first kappa shape index (κ1) is 30.7. The number of ketones is 2. The smallest absolute Gasteiger partial charge is 0.303 e. The lowest BCUT2D eigenvalue weighted by Gasteiger charge is -2.66. The Hall–Kier alpha value is -2.29. The van der Waals surface area contributed by atoms with Crippen LogP contribution in [0.5, 0.6) is 0 Å². The fraction of sp³-hybridized carbons (Fsp3) is 0.719. The molecule has 4 aliphatic rings. The molecule has 0 amide bonds. The molecular formula is C32H46O8. The molecule has 9 atom stereocenters. The second-order valence-corrected chi connectivity index (χ2v) is 14.6. The Morgan fingerprint density at radius 2 is 1.65 bits per heavy atom. The van der Waals surface area contributed by atoms with Gasteiger partial charge in [-0.2, -0.15) is 0 Å². The van der Waals surface area contributed by atoms with E-state index in [0.29, 0.717) is 12.8 Å². The molecule has 0 heterocycles. The summed E-state index contributed by atoms with van der Waals surface area (Å²) < 4.78 is 5.23. The number of fused-ring (bicyclic) bond motifs is 5. The molecule has 4 aliphatic carbocycles. The molecule has 0 saturated heterocycles. The van der Waals surface area contributed by atoms with Gasteiger partial charge >= 0.3 is 5.97 Å². The summed E-state index contributed by atoms with van der Waals surface area (Å²) in [5.74, 6) is -3.16. The normalized spacial score (nSPS) is 42.2. The van der Waals surface area contributed by atoms with Gasteiger partial charge in [0.25, 0.3) is 0 Å². The van der Waals surface area contributed by atoms with Crippen LogP contribution in [0, 0.1) is 39.4 Å². The van der Waals surface area contributed by atoms with Crippen LogP contribution in [-0.2, 0) is 19.1 Å². The monoisotopic (exact) mass is 558 g/mol. The molecule has 40 heavy (non-hydrogen) atoms. The van der Waals surface area contributed by atoms with E-state index in [1.807, 2.05) is 13.8 Å². The zero-order valence-corrected chi connectivity index (χ0v) is 25.2. The van der Waals surface area contributed by atoms with Crippen LogP contribution in [0.4, 0.5) is 0 Å². The first-order valence-electron chi connectivity index (χ1n) is 14.2. The van der Waals surface area contributed by atoms with Crippen LogP contribution in [0.25, 0.3) is 0 Å². The molecule has 0 aromatic rings. The summed E-state index contributed by atoms with van der Waals surface area (Å²) in [6.45, 7) is 15.6. The summed E-state index contributed by atoms with van der Waals surface area (Å²) >= 11 is 0. The molecule has 2 unspecified atom stereocenters. The van der Waals surface area contributed by atoms with E-state index < -0.39 is 62.7 Å². The van der Waals surface area contributed by atoms with Gasteiger partial charge in [0.05, 0.1) is 17.6 Å². The highest BCUT2D eigenvalue weighted by atomic mass is 16.6. The average molecular weight is 559 g/mol. The van der Waals surface area contributed by atoms with Crippen LogP contribution in [-0.4, -0.2) is 61.4 Å². The summed E-state index contributed by atoms with van der Waals surface area (Å²) in [5, 5.41) is 45.8. The molecule has 4 rings (SSSR count). The quantitative estimate of drug-likeness (QED) is 0.226. The highest BCUT2D eigenvalue weighted by molar-refractivity contribution is 6.01. The minimum Gasteiger partial charge on any atom is -0.505 e. The number of Topliss-reactive ketones (excluding diaryl/α,β-unsaturated/α-hetero) is 1. The Labute approximate surface area is 237 Å². The van der Waals surface area contributed by atoms with E-state index in [4.69, 9.17) is 4.74 Å². The van der Waals surface area contributed by atoms with Crippen LogP contribution in [0.15, 0.2) is 35.6 Å². The predicted molar refractivity (Wildman–Crippen MR) is 149 cm³/mol. The van der Waals surface area contributed by atoms with E-state index in [2.05, 4.69) is 13.0 Å². The second-order valence-electron chi connectivity index (χ2n) is 14.6. The fourth-order valence-electron chi connectivity index (χ4n) is 9.25. The van der Waals surface area contributed by atoms with Gasteiger partial charge in [0.1, 0.15) is 11.2 Å². The van der Waals surface area contributed by atoms with Crippen molar-refractivity contribution >= 4 is 17.5 Å². The molecule has 0 aromatic carbocycles. The minimum atomic E-state index is -1.96. The van der Waals surface area contributed by atoms with Crippen molar-refractivity contribution in [1.82, 2.24) is 0 Å². The van der Waals surface area contributed by atoms with Crippen molar-refractivity contribution < 1.29 is 39.5 Å². The van der Waals surface area contributed by atoms with Crippen LogP contribution < -0.4 is 0 Å². The van der Waals surface area contributed by atoms with Crippen LogP contribution in [0.2, 0.25) is 0 Å². The molecule has 4 N–H and O–H groups in total.